The van der Waals surface area contributed by atoms with Gasteiger partial charge in [-0.25, -0.2) is 14.2 Å². The molecule has 1 aromatic carbocycles. The lowest BCUT2D eigenvalue weighted by molar-refractivity contribution is -0.157. The lowest BCUT2D eigenvalue weighted by Crippen LogP contribution is -2.52. The van der Waals surface area contributed by atoms with Gasteiger partial charge in [0.1, 0.15) is 17.5 Å². The number of esters is 2. The Morgan fingerprint density at radius 1 is 1.14 bits per heavy atom. The summed E-state index contributed by atoms with van der Waals surface area (Å²) in [6, 6.07) is 6.13. The molecule has 2 atom stereocenters. The summed E-state index contributed by atoms with van der Waals surface area (Å²) in [5, 5.41) is 2.64. The smallest absolute Gasteiger partial charge is 0.331 e. The van der Waals surface area contributed by atoms with Gasteiger partial charge in [-0.1, -0.05) is 13.0 Å². The fraction of sp³-hybridized carbons (Fsp3) is 0.462. The Morgan fingerprint density at radius 2 is 1.89 bits per heavy atom. The molecule has 1 amide bonds. The van der Waals surface area contributed by atoms with Crippen LogP contribution < -0.4 is 14.8 Å². The van der Waals surface area contributed by atoms with Crippen LogP contribution >= 0.6 is 0 Å². The number of aryl methyl sites for hydroxylation is 1. The number of methoxy groups -OCH3 is 1. The second-order valence-corrected chi connectivity index (χ2v) is 9.58. The molecule has 0 bridgehead atoms. The van der Waals surface area contributed by atoms with Gasteiger partial charge in [0.15, 0.2) is 11.4 Å². The Balaban J connectivity index is 1.47. The van der Waals surface area contributed by atoms with Crippen molar-refractivity contribution in [3.8, 4) is 11.5 Å². The van der Waals surface area contributed by atoms with Gasteiger partial charge in [-0.2, -0.15) is 0 Å². The average molecular weight is 485 g/mol. The summed E-state index contributed by atoms with van der Waals surface area (Å²) in [6.45, 7) is 4.99. The van der Waals surface area contributed by atoms with Crippen LogP contribution in [0.3, 0.4) is 0 Å². The largest absolute Gasteiger partial charge is 0.493 e. The Morgan fingerprint density at radius 3 is 2.57 bits per heavy atom. The highest BCUT2D eigenvalue weighted by Crippen LogP contribution is 2.36. The van der Waals surface area contributed by atoms with Crippen molar-refractivity contribution in [3.05, 3.63) is 53.1 Å². The minimum atomic E-state index is -1.40. The number of nitrogens with one attached hydrogen (secondary N) is 1. The molecule has 2 aromatic rings. The van der Waals surface area contributed by atoms with Crippen molar-refractivity contribution < 1.29 is 33.0 Å². The zero-order valence-corrected chi connectivity index (χ0v) is 20.2. The van der Waals surface area contributed by atoms with Gasteiger partial charge in [0.2, 0.25) is 5.75 Å². The third-order valence-electron chi connectivity index (χ3n) is 6.46. The lowest BCUT2D eigenvalue weighted by Gasteiger charge is -2.34. The van der Waals surface area contributed by atoms with Crippen molar-refractivity contribution in [2.45, 2.75) is 64.0 Å². The summed E-state index contributed by atoms with van der Waals surface area (Å²) in [4.78, 5) is 42.5. The molecule has 0 aliphatic heterocycles. The van der Waals surface area contributed by atoms with Gasteiger partial charge in [-0.3, -0.25) is 9.59 Å². The highest BCUT2D eigenvalue weighted by atomic mass is 19.1. The summed E-state index contributed by atoms with van der Waals surface area (Å²) in [5.41, 5.74) is 0.290. The number of aromatic nitrogens is 1. The minimum absolute atomic E-state index is 0.0849. The van der Waals surface area contributed by atoms with E-state index in [1.54, 1.807) is 6.07 Å². The Bertz CT molecular complexity index is 1160. The topological polar surface area (TPSA) is 104 Å². The summed E-state index contributed by atoms with van der Waals surface area (Å²) < 4.78 is 30.0. The Labute approximate surface area is 203 Å². The number of hydrogen-bond acceptors (Lipinski definition) is 7. The van der Waals surface area contributed by atoms with Crippen LogP contribution in [-0.2, 0) is 20.7 Å². The van der Waals surface area contributed by atoms with E-state index in [-0.39, 0.29) is 34.8 Å². The lowest BCUT2D eigenvalue weighted by atomic mass is 9.81. The number of ether oxygens (including phenoxy) is 3. The molecule has 1 saturated carbocycles. The number of fused-ring (bicyclic) bond motifs is 1. The fourth-order valence-electron chi connectivity index (χ4n) is 4.18. The summed E-state index contributed by atoms with van der Waals surface area (Å²) in [7, 11) is 1.39. The molecule has 35 heavy (non-hydrogen) atoms. The Kier molecular flexibility index (Phi) is 6.78. The van der Waals surface area contributed by atoms with E-state index in [2.05, 4.69) is 10.3 Å². The van der Waals surface area contributed by atoms with Crippen LogP contribution in [0, 0.1) is 11.7 Å². The second kappa shape index (κ2) is 9.64. The van der Waals surface area contributed by atoms with Gasteiger partial charge in [-0.05, 0) is 62.8 Å². The first-order valence-corrected chi connectivity index (χ1v) is 11.7. The molecule has 8 nitrogen and oxygen atoms in total. The van der Waals surface area contributed by atoms with Gasteiger partial charge in [-0.15, -0.1) is 0 Å². The molecule has 2 aliphatic carbocycles. The number of pyridine rings is 1. The predicted octanol–water partition coefficient (Wildman–Crippen LogP) is 3.71. The van der Waals surface area contributed by atoms with Gasteiger partial charge < -0.3 is 19.5 Å². The molecule has 2 unspecified atom stereocenters. The number of carbonyl (C=O) groups excluding carboxylic acids is 3. The maximum absolute atomic E-state index is 13.6. The van der Waals surface area contributed by atoms with Crippen molar-refractivity contribution in [3.63, 3.8) is 0 Å². The average Bonchev–Trinajstić information content (AvgIpc) is 3.66. The zero-order valence-electron chi connectivity index (χ0n) is 20.2. The van der Waals surface area contributed by atoms with Crippen LogP contribution in [-0.4, -0.2) is 41.6 Å². The van der Waals surface area contributed by atoms with E-state index in [0.717, 1.165) is 24.0 Å². The SMILES string of the molecule is COc1ccnc(C(=O)NC(C)(C)C(=O)OC2CCc3cc(F)ccc3C2C)c1OC(=O)C1CC1. The first-order chi connectivity index (χ1) is 16.6. The maximum Gasteiger partial charge on any atom is 0.331 e. The van der Waals surface area contributed by atoms with Gasteiger partial charge >= 0.3 is 11.9 Å². The van der Waals surface area contributed by atoms with E-state index in [4.69, 9.17) is 14.2 Å². The van der Waals surface area contributed by atoms with E-state index >= 15 is 0 Å². The highest BCUT2D eigenvalue weighted by Gasteiger charge is 2.38. The fourth-order valence-corrected chi connectivity index (χ4v) is 4.18. The van der Waals surface area contributed by atoms with Crippen molar-refractivity contribution in [1.82, 2.24) is 10.3 Å². The number of hydrogen-bond donors (Lipinski definition) is 1. The molecule has 0 radical (unpaired) electrons. The van der Waals surface area contributed by atoms with E-state index in [9.17, 15) is 18.8 Å². The number of rotatable bonds is 7. The summed E-state index contributed by atoms with van der Waals surface area (Å²) >= 11 is 0. The van der Waals surface area contributed by atoms with Crippen molar-refractivity contribution in [1.29, 1.82) is 0 Å². The van der Waals surface area contributed by atoms with Gasteiger partial charge in [0, 0.05) is 18.2 Å². The highest BCUT2D eigenvalue weighted by molar-refractivity contribution is 5.99. The second-order valence-electron chi connectivity index (χ2n) is 9.58. The molecule has 1 N–H and O–H groups in total. The number of amides is 1. The third kappa shape index (κ3) is 5.28. The monoisotopic (exact) mass is 484 g/mol. The van der Waals surface area contributed by atoms with Crippen LogP contribution in [0.15, 0.2) is 30.5 Å². The summed E-state index contributed by atoms with van der Waals surface area (Å²) in [5.74, 6) is -2.28. The van der Waals surface area contributed by atoms with Gasteiger partial charge in [0.05, 0.1) is 13.0 Å². The number of carbonyl (C=O) groups is 3. The molecular weight excluding hydrogens is 455 g/mol. The van der Waals surface area contributed by atoms with Crippen LogP contribution in [0.25, 0.3) is 0 Å². The van der Waals surface area contributed by atoms with E-state index in [1.807, 2.05) is 6.92 Å². The van der Waals surface area contributed by atoms with Crippen molar-refractivity contribution in [2.75, 3.05) is 7.11 Å². The van der Waals surface area contributed by atoms with E-state index < -0.39 is 29.5 Å². The molecule has 1 heterocycles. The predicted molar refractivity (Wildman–Crippen MR) is 124 cm³/mol. The number of halogens is 1. The third-order valence-corrected chi connectivity index (χ3v) is 6.46. The van der Waals surface area contributed by atoms with Gasteiger partial charge in [0.25, 0.3) is 5.91 Å². The van der Waals surface area contributed by atoms with E-state index in [1.165, 1.54) is 45.4 Å². The van der Waals surface area contributed by atoms with Crippen LogP contribution in [0.1, 0.15) is 67.6 Å². The number of nitrogens with zero attached hydrogens (tertiary/aromatic N) is 1. The molecule has 1 fully saturated rings. The molecule has 4 rings (SSSR count). The first-order valence-electron chi connectivity index (χ1n) is 11.7. The maximum atomic E-state index is 13.6. The van der Waals surface area contributed by atoms with Crippen LogP contribution in [0.4, 0.5) is 4.39 Å². The molecule has 2 aliphatic rings. The molecule has 186 valence electrons. The Hall–Kier alpha value is -3.49. The molecular formula is C26H29FN2O6. The first kappa shape index (κ1) is 24.6. The quantitative estimate of drug-likeness (QED) is 0.598. The minimum Gasteiger partial charge on any atom is -0.493 e. The standard InChI is InChI=1S/C26H29FN2O6/c1-14-18-9-8-17(27)13-16(18)7-10-19(14)34-25(32)26(2,3)29-23(30)21-22(20(33-4)11-12-28-21)35-24(31)15-5-6-15/h8-9,11-15,19H,5-7,10H2,1-4H3,(H,29,30). The normalized spacial score (nSPS) is 19.3. The van der Waals surface area contributed by atoms with E-state index in [0.29, 0.717) is 12.8 Å². The molecule has 0 spiro atoms. The molecule has 9 heteroatoms. The van der Waals surface area contributed by atoms with Crippen molar-refractivity contribution >= 4 is 17.8 Å². The molecule has 0 saturated heterocycles. The molecule has 1 aromatic heterocycles. The van der Waals surface area contributed by atoms with Crippen LogP contribution in [0.2, 0.25) is 0 Å². The van der Waals surface area contributed by atoms with Crippen molar-refractivity contribution in [2.24, 2.45) is 5.92 Å². The zero-order chi connectivity index (χ0) is 25.3. The summed E-state index contributed by atoms with van der Waals surface area (Å²) in [6.07, 6.45) is 3.55. The van der Waals surface area contributed by atoms with Crippen LogP contribution in [0.5, 0.6) is 11.5 Å². The number of benzene rings is 1.